The van der Waals surface area contributed by atoms with E-state index in [0.29, 0.717) is 0 Å². The van der Waals surface area contributed by atoms with Gasteiger partial charge in [0, 0.05) is 11.9 Å². The van der Waals surface area contributed by atoms with Crippen molar-refractivity contribution in [3.05, 3.63) is 55.1 Å². The van der Waals surface area contributed by atoms with E-state index < -0.39 is 11.9 Å². The second-order valence-corrected chi connectivity index (χ2v) is 4.78. The second kappa shape index (κ2) is 10.8. The maximum Gasteiger partial charge on any atom is 0.414 e. The van der Waals surface area contributed by atoms with Crippen LogP contribution in [-0.4, -0.2) is 41.8 Å². The van der Waals surface area contributed by atoms with E-state index >= 15 is 0 Å². The molecule has 0 aromatic heterocycles. The van der Waals surface area contributed by atoms with Gasteiger partial charge in [0.1, 0.15) is 5.75 Å². The lowest BCUT2D eigenvalue weighted by Gasteiger charge is -2.09. The van der Waals surface area contributed by atoms with Gasteiger partial charge in [-0.25, -0.2) is 9.59 Å². The van der Waals surface area contributed by atoms with Crippen molar-refractivity contribution >= 4 is 22.7 Å². The average molecular weight is 331 g/mol. The van der Waals surface area contributed by atoms with E-state index in [1.165, 1.54) is 10.8 Å². The number of hydrogen-bond donors (Lipinski definition) is 3. The van der Waals surface area contributed by atoms with Crippen molar-refractivity contribution in [1.29, 1.82) is 0 Å². The second-order valence-electron chi connectivity index (χ2n) is 4.78. The van der Waals surface area contributed by atoms with Crippen LogP contribution in [0.2, 0.25) is 0 Å². The summed E-state index contributed by atoms with van der Waals surface area (Å²) in [5.41, 5.74) is 0. The smallest absolute Gasteiger partial charge is 0.414 e. The van der Waals surface area contributed by atoms with Crippen LogP contribution in [0.3, 0.4) is 0 Å². The highest BCUT2D eigenvalue weighted by molar-refractivity contribution is 6.27. The summed E-state index contributed by atoms with van der Waals surface area (Å²) in [6, 6.07) is 14.5. The zero-order chi connectivity index (χ0) is 17.8. The highest BCUT2D eigenvalue weighted by atomic mass is 16.5. The van der Waals surface area contributed by atoms with E-state index in [2.05, 4.69) is 30.1 Å². The van der Waals surface area contributed by atoms with E-state index in [1.54, 1.807) is 0 Å². The molecule has 0 amide bonds. The zero-order valence-corrected chi connectivity index (χ0v) is 13.3. The van der Waals surface area contributed by atoms with Gasteiger partial charge in [-0.1, -0.05) is 42.5 Å². The lowest BCUT2D eigenvalue weighted by atomic mass is 10.1. The Balaban J connectivity index is 0.000000413. The third kappa shape index (κ3) is 6.93. The Morgan fingerprint density at radius 1 is 1.08 bits per heavy atom. The van der Waals surface area contributed by atoms with Crippen LogP contribution in [0.25, 0.3) is 10.8 Å². The maximum atomic E-state index is 9.10. The Kier molecular flexibility index (Phi) is 8.63. The summed E-state index contributed by atoms with van der Waals surface area (Å²) >= 11 is 0. The molecule has 0 spiro atoms. The molecule has 0 bridgehead atoms. The molecule has 3 N–H and O–H groups in total. The van der Waals surface area contributed by atoms with Gasteiger partial charge in [-0.3, -0.25) is 0 Å². The fourth-order valence-corrected chi connectivity index (χ4v) is 1.90. The molecule has 0 saturated heterocycles. The van der Waals surface area contributed by atoms with E-state index in [4.69, 9.17) is 24.5 Å². The first-order chi connectivity index (χ1) is 11.6. The number of carboxylic acids is 2. The molecule has 0 radical (unpaired) electrons. The number of nitrogens with one attached hydrogen (secondary N) is 1. The molecule has 24 heavy (non-hydrogen) atoms. The molecule has 0 saturated carbocycles. The third-order valence-corrected chi connectivity index (χ3v) is 2.98. The summed E-state index contributed by atoms with van der Waals surface area (Å²) in [4.78, 5) is 18.2. The van der Waals surface area contributed by atoms with Crippen molar-refractivity contribution in [3.8, 4) is 5.75 Å². The topological polar surface area (TPSA) is 95.9 Å². The Morgan fingerprint density at radius 3 is 2.42 bits per heavy atom. The fraction of sp³-hybridized carbons (Fsp3) is 0.222. The van der Waals surface area contributed by atoms with Crippen molar-refractivity contribution in [3.63, 3.8) is 0 Å². The van der Waals surface area contributed by atoms with Crippen LogP contribution < -0.4 is 10.1 Å². The molecule has 2 rings (SSSR count). The molecule has 6 nitrogen and oxygen atoms in total. The van der Waals surface area contributed by atoms with Crippen LogP contribution in [0.4, 0.5) is 0 Å². The minimum Gasteiger partial charge on any atom is -0.493 e. The molecule has 128 valence electrons. The Morgan fingerprint density at radius 2 is 1.75 bits per heavy atom. The van der Waals surface area contributed by atoms with Crippen LogP contribution in [0.15, 0.2) is 55.1 Å². The molecule has 0 atom stereocenters. The Hall–Kier alpha value is -2.86. The number of hydrogen-bond acceptors (Lipinski definition) is 4. The Labute approximate surface area is 140 Å². The molecule has 0 aliphatic rings. The number of fused-ring (bicyclic) bond motifs is 1. The molecule has 2 aromatic carbocycles. The van der Waals surface area contributed by atoms with Crippen LogP contribution in [-0.2, 0) is 9.59 Å². The van der Waals surface area contributed by atoms with E-state index in [1.807, 2.05) is 30.3 Å². The zero-order valence-electron chi connectivity index (χ0n) is 13.3. The van der Waals surface area contributed by atoms with Crippen molar-refractivity contribution in [2.24, 2.45) is 0 Å². The van der Waals surface area contributed by atoms with Gasteiger partial charge in [-0.15, -0.1) is 6.58 Å². The summed E-state index contributed by atoms with van der Waals surface area (Å²) < 4.78 is 5.83. The average Bonchev–Trinajstić information content (AvgIpc) is 2.58. The molecule has 2 aromatic rings. The molecule has 0 unspecified atom stereocenters. The minimum absolute atomic E-state index is 0.734. The van der Waals surface area contributed by atoms with Gasteiger partial charge in [0.05, 0.1) is 6.61 Å². The predicted molar refractivity (Wildman–Crippen MR) is 92.4 cm³/mol. The molecule has 0 heterocycles. The first-order valence-electron chi connectivity index (χ1n) is 7.44. The number of carboxylic acid groups (broad SMARTS) is 2. The van der Waals surface area contributed by atoms with Crippen LogP contribution in [0.1, 0.15) is 6.42 Å². The summed E-state index contributed by atoms with van der Waals surface area (Å²) in [7, 11) is 0. The standard InChI is InChI=1S/C16H19NO.C2H2O4/c1-2-11-17-12-6-13-18-16-10-5-8-14-7-3-4-9-15(14)16;3-1(4)2(5)6/h2-5,7-10,17H,1,6,11-13H2;(H,3,4)(H,5,6). The molecule has 0 aliphatic carbocycles. The molecule has 6 heteroatoms. The number of ether oxygens (including phenoxy) is 1. The molecular weight excluding hydrogens is 310 g/mol. The van der Waals surface area contributed by atoms with Gasteiger partial charge in [0.15, 0.2) is 0 Å². The fourth-order valence-electron chi connectivity index (χ4n) is 1.90. The van der Waals surface area contributed by atoms with Crippen molar-refractivity contribution in [2.75, 3.05) is 19.7 Å². The molecular formula is C18H21NO5. The normalized spacial score (nSPS) is 9.67. The van der Waals surface area contributed by atoms with Crippen molar-refractivity contribution in [1.82, 2.24) is 5.32 Å². The number of rotatable bonds is 7. The molecule has 0 aliphatic heterocycles. The number of benzene rings is 2. The van der Waals surface area contributed by atoms with Crippen LogP contribution in [0, 0.1) is 0 Å². The highest BCUT2D eigenvalue weighted by Gasteiger charge is 2.04. The van der Waals surface area contributed by atoms with Crippen LogP contribution in [0.5, 0.6) is 5.75 Å². The van der Waals surface area contributed by atoms with Gasteiger partial charge in [0.2, 0.25) is 0 Å². The summed E-state index contributed by atoms with van der Waals surface area (Å²) in [5.74, 6) is -2.68. The van der Waals surface area contributed by atoms with Gasteiger partial charge in [-0.05, 0) is 24.4 Å². The van der Waals surface area contributed by atoms with Gasteiger partial charge < -0.3 is 20.3 Å². The third-order valence-electron chi connectivity index (χ3n) is 2.98. The summed E-state index contributed by atoms with van der Waals surface area (Å²) in [6.45, 7) is 6.21. The van der Waals surface area contributed by atoms with Gasteiger partial charge in [-0.2, -0.15) is 0 Å². The number of aliphatic carboxylic acids is 2. The van der Waals surface area contributed by atoms with E-state index in [-0.39, 0.29) is 0 Å². The Bertz CT molecular complexity index is 667. The maximum absolute atomic E-state index is 9.10. The monoisotopic (exact) mass is 331 g/mol. The lowest BCUT2D eigenvalue weighted by Crippen LogP contribution is -2.17. The van der Waals surface area contributed by atoms with Crippen molar-refractivity contribution in [2.45, 2.75) is 6.42 Å². The predicted octanol–water partition coefficient (Wildman–Crippen LogP) is 2.54. The van der Waals surface area contributed by atoms with E-state index in [9.17, 15) is 0 Å². The van der Waals surface area contributed by atoms with E-state index in [0.717, 1.165) is 31.9 Å². The number of carbonyl (C=O) groups is 2. The summed E-state index contributed by atoms with van der Waals surface area (Å²) in [6.07, 6.45) is 2.86. The summed E-state index contributed by atoms with van der Waals surface area (Å²) in [5, 5.41) is 20.4. The van der Waals surface area contributed by atoms with Crippen LogP contribution >= 0.6 is 0 Å². The van der Waals surface area contributed by atoms with Gasteiger partial charge in [0.25, 0.3) is 0 Å². The quantitative estimate of drug-likeness (QED) is 0.410. The lowest BCUT2D eigenvalue weighted by molar-refractivity contribution is -0.159. The highest BCUT2D eigenvalue weighted by Crippen LogP contribution is 2.24. The van der Waals surface area contributed by atoms with Gasteiger partial charge >= 0.3 is 11.9 Å². The molecule has 0 fully saturated rings. The largest absolute Gasteiger partial charge is 0.493 e. The SMILES string of the molecule is C=CCNCCCOc1cccc2ccccc12.O=C(O)C(=O)O. The first-order valence-corrected chi connectivity index (χ1v) is 7.44. The minimum atomic E-state index is -1.82. The van der Waals surface area contributed by atoms with Crippen molar-refractivity contribution < 1.29 is 24.5 Å². The first kappa shape index (κ1) is 19.2.